The Morgan fingerprint density at radius 2 is 2.08 bits per heavy atom. The number of hydrogen-bond acceptors (Lipinski definition) is 3. The average molecular weight is 186 g/mol. The lowest BCUT2D eigenvalue weighted by molar-refractivity contribution is -0.102. The Balaban J connectivity index is 1.99. The third kappa shape index (κ3) is 1.87. The summed E-state index contributed by atoms with van der Waals surface area (Å²) in [4.78, 5) is 0. The molecule has 0 radical (unpaired) electrons. The number of aliphatic hydroxyl groups is 1. The predicted molar refractivity (Wildman–Crippen MR) is 48.5 cm³/mol. The minimum absolute atomic E-state index is 0.0550. The third-order valence-corrected chi connectivity index (χ3v) is 2.95. The van der Waals surface area contributed by atoms with Crippen LogP contribution in [0.25, 0.3) is 0 Å². The highest BCUT2D eigenvalue weighted by Gasteiger charge is 2.43. The van der Waals surface area contributed by atoms with E-state index in [0.717, 1.165) is 25.9 Å². The number of rotatable bonds is 1. The standard InChI is InChI=1S/C10H18O3/c1-10(2,11)9-6-8-7(13-9)4-3-5-12-8/h7-9,11H,3-6H2,1-2H3/t7?,8?,9-/m0/s1. The van der Waals surface area contributed by atoms with Crippen LogP contribution in [-0.4, -0.2) is 35.6 Å². The Bertz CT molecular complexity index is 171. The Kier molecular flexibility index (Phi) is 2.34. The summed E-state index contributed by atoms with van der Waals surface area (Å²) in [5.74, 6) is 0. The first-order valence-electron chi connectivity index (χ1n) is 5.07. The van der Waals surface area contributed by atoms with Gasteiger partial charge in [-0.3, -0.25) is 0 Å². The molecule has 2 fully saturated rings. The van der Waals surface area contributed by atoms with Gasteiger partial charge >= 0.3 is 0 Å². The molecule has 2 saturated heterocycles. The fourth-order valence-electron chi connectivity index (χ4n) is 2.12. The van der Waals surface area contributed by atoms with Crippen molar-refractivity contribution in [3.8, 4) is 0 Å². The maximum Gasteiger partial charge on any atom is 0.0887 e. The van der Waals surface area contributed by atoms with Gasteiger partial charge < -0.3 is 14.6 Å². The maximum atomic E-state index is 9.78. The van der Waals surface area contributed by atoms with E-state index in [2.05, 4.69) is 0 Å². The van der Waals surface area contributed by atoms with Crippen LogP contribution in [0.15, 0.2) is 0 Å². The topological polar surface area (TPSA) is 38.7 Å². The zero-order valence-corrected chi connectivity index (χ0v) is 8.32. The largest absolute Gasteiger partial charge is 0.388 e. The lowest BCUT2D eigenvalue weighted by Gasteiger charge is -2.25. The first-order valence-corrected chi connectivity index (χ1v) is 5.07. The fourth-order valence-corrected chi connectivity index (χ4v) is 2.12. The summed E-state index contributed by atoms with van der Waals surface area (Å²) in [6.45, 7) is 4.45. The smallest absolute Gasteiger partial charge is 0.0887 e. The Morgan fingerprint density at radius 1 is 1.31 bits per heavy atom. The molecule has 0 aliphatic carbocycles. The molecule has 2 aliphatic heterocycles. The summed E-state index contributed by atoms with van der Waals surface area (Å²) in [5.41, 5.74) is -0.735. The molecule has 2 unspecified atom stereocenters. The first-order chi connectivity index (χ1) is 6.07. The molecular weight excluding hydrogens is 168 g/mol. The summed E-state index contributed by atoms with van der Waals surface area (Å²) in [6, 6.07) is 0. The van der Waals surface area contributed by atoms with Crippen LogP contribution >= 0.6 is 0 Å². The van der Waals surface area contributed by atoms with Gasteiger partial charge in [0.05, 0.1) is 23.9 Å². The molecule has 0 saturated carbocycles. The molecule has 0 spiro atoms. The van der Waals surface area contributed by atoms with Crippen molar-refractivity contribution in [1.29, 1.82) is 0 Å². The van der Waals surface area contributed by atoms with Crippen LogP contribution in [0.1, 0.15) is 33.1 Å². The second-order valence-electron chi connectivity index (χ2n) is 4.60. The Labute approximate surface area is 79.0 Å². The summed E-state index contributed by atoms with van der Waals surface area (Å²) in [6.07, 6.45) is 3.40. The minimum Gasteiger partial charge on any atom is -0.388 e. The van der Waals surface area contributed by atoms with E-state index in [1.807, 2.05) is 0 Å². The predicted octanol–water partition coefficient (Wildman–Crippen LogP) is 1.09. The molecule has 0 aromatic rings. The van der Waals surface area contributed by atoms with Crippen molar-refractivity contribution in [2.24, 2.45) is 0 Å². The van der Waals surface area contributed by atoms with Crippen molar-refractivity contribution in [1.82, 2.24) is 0 Å². The lowest BCUT2D eigenvalue weighted by Crippen LogP contribution is -2.35. The van der Waals surface area contributed by atoms with Gasteiger partial charge in [0.15, 0.2) is 0 Å². The average Bonchev–Trinajstić information content (AvgIpc) is 2.45. The number of fused-ring (bicyclic) bond motifs is 1. The van der Waals surface area contributed by atoms with E-state index in [-0.39, 0.29) is 18.3 Å². The van der Waals surface area contributed by atoms with Crippen molar-refractivity contribution in [3.05, 3.63) is 0 Å². The highest BCUT2D eigenvalue weighted by atomic mass is 16.6. The lowest BCUT2D eigenvalue weighted by atomic mass is 9.96. The highest BCUT2D eigenvalue weighted by molar-refractivity contribution is 4.92. The highest BCUT2D eigenvalue weighted by Crippen LogP contribution is 2.34. The molecule has 3 atom stereocenters. The molecule has 2 rings (SSSR count). The van der Waals surface area contributed by atoms with Crippen LogP contribution in [0.2, 0.25) is 0 Å². The third-order valence-electron chi connectivity index (χ3n) is 2.95. The molecule has 0 aromatic heterocycles. The van der Waals surface area contributed by atoms with Gasteiger partial charge in [-0.05, 0) is 26.7 Å². The summed E-state index contributed by atoms with van der Waals surface area (Å²) < 4.78 is 11.3. The molecular formula is C10H18O3. The van der Waals surface area contributed by atoms with Gasteiger partial charge in [0.25, 0.3) is 0 Å². The van der Waals surface area contributed by atoms with Crippen LogP contribution in [-0.2, 0) is 9.47 Å². The van der Waals surface area contributed by atoms with Crippen LogP contribution in [0, 0.1) is 0 Å². The van der Waals surface area contributed by atoms with Gasteiger partial charge in [-0.1, -0.05) is 0 Å². The molecule has 76 valence electrons. The first kappa shape index (κ1) is 9.44. The van der Waals surface area contributed by atoms with Crippen molar-refractivity contribution >= 4 is 0 Å². The van der Waals surface area contributed by atoms with Gasteiger partial charge in [-0.15, -0.1) is 0 Å². The maximum absolute atomic E-state index is 9.78. The van der Waals surface area contributed by atoms with Crippen molar-refractivity contribution in [2.45, 2.75) is 57.0 Å². The zero-order chi connectivity index (χ0) is 9.47. The van der Waals surface area contributed by atoms with E-state index in [4.69, 9.17) is 9.47 Å². The summed E-state index contributed by atoms with van der Waals surface area (Å²) >= 11 is 0. The van der Waals surface area contributed by atoms with Crippen LogP contribution in [0.3, 0.4) is 0 Å². The van der Waals surface area contributed by atoms with E-state index in [0.29, 0.717) is 0 Å². The quantitative estimate of drug-likeness (QED) is 0.666. The van der Waals surface area contributed by atoms with E-state index in [1.165, 1.54) is 0 Å². The van der Waals surface area contributed by atoms with Gasteiger partial charge in [-0.2, -0.15) is 0 Å². The fraction of sp³-hybridized carbons (Fsp3) is 1.00. The molecule has 3 heteroatoms. The van der Waals surface area contributed by atoms with Crippen molar-refractivity contribution in [3.63, 3.8) is 0 Å². The van der Waals surface area contributed by atoms with Gasteiger partial charge in [-0.25, -0.2) is 0 Å². The van der Waals surface area contributed by atoms with Crippen LogP contribution in [0.4, 0.5) is 0 Å². The summed E-state index contributed by atoms with van der Waals surface area (Å²) in [7, 11) is 0. The summed E-state index contributed by atoms with van der Waals surface area (Å²) in [5, 5.41) is 9.78. The molecule has 0 amide bonds. The van der Waals surface area contributed by atoms with Crippen LogP contribution < -0.4 is 0 Å². The van der Waals surface area contributed by atoms with Gasteiger partial charge in [0.1, 0.15) is 0 Å². The SMILES string of the molecule is CC(C)(O)[C@@H]1CC2OCCCC2O1. The van der Waals surface area contributed by atoms with Crippen molar-refractivity contribution < 1.29 is 14.6 Å². The Morgan fingerprint density at radius 3 is 2.69 bits per heavy atom. The van der Waals surface area contributed by atoms with Gasteiger partial charge in [0.2, 0.25) is 0 Å². The second kappa shape index (κ2) is 3.23. The molecule has 2 aliphatic rings. The minimum atomic E-state index is -0.735. The Hall–Kier alpha value is -0.120. The van der Waals surface area contributed by atoms with Crippen molar-refractivity contribution in [2.75, 3.05) is 6.61 Å². The molecule has 1 N–H and O–H groups in total. The van der Waals surface area contributed by atoms with Crippen LogP contribution in [0.5, 0.6) is 0 Å². The van der Waals surface area contributed by atoms with E-state index >= 15 is 0 Å². The van der Waals surface area contributed by atoms with E-state index < -0.39 is 5.60 Å². The number of hydrogen-bond donors (Lipinski definition) is 1. The number of ether oxygens (including phenoxy) is 2. The van der Waals surface area contributed by atoms with Gasteiger partial charge in [0, 0.05) is 13.0 Å². The molecule has 13 heavy (non-hydrogen) atoms. The van der Waals surface area contributed by atoms with E-state index in [9.17, 15) is 5.11 Å². The zero-order valence-electron chi connectivity index (χ0n) is 8.32. The normalized spacial score (nSPS) is 40.4. The molecule has 3 nitrogen and oxygen atoms in total. The molecule has 0 aromatic carbocycles. The monoisotopic (exact) mass is 186 g/mol. The van der Waals surface area contributed by atoms with E-state index in [1.54, 1.807) is 13.8 Å². The molecule has 2 heterocycles. The molecule has 0 bridgehead atoms. The second-order valence-corrected chi connectivity index (χ2v) is 4.60.